The Bertz CT molecular complexity index is 969. The molecule has 3 rings (SSSR count). The second-order valence-electron chi connectivity index (χ2n) is 6.27. The van der Waals surface area contributed by atoms with Gasteiger partial charge in [-0.15, -0.1) is 16.8 Å². The first kappa shape index (κ1) is 20.2. The zero-order chi connectivity index (χ0) is 19.9. The van der Waals surface area contributed by atoms with E-state index in [0.717, 1.165) is 27.1 Å². The first-order chi connectivity index (χ1) is 13.6. The first-order valence-corrected chi connectivity index (χ1v) is 10.2. The highest BCUT2D eigenvalue weighted by atomic mass is 35.5. The molecule has 5 nitrogen and oxygen atoms in total. The van der Waals surface area contributed by atoms with Crippen LogP contribution in [-0.4, -0.2) is 20.7 Å². The molecule has 0 unspecified atom stereocenters. The number of halogens is 1. The number of hydrogen-bond donors (Lipinski definition) is 1. The SMILES string of the molecule is C=CCn1c(CNC(=O)c2cccc(C)c2)nnc1SCc1ccc(Cl)cc1. The van der Waals surface area contributed by atoms with E-state index in [-0.39, 0.29) is 5.91 Å². The minimum absolute atomic E-state index is 0.132. The molecule has 0 spiro atoms. The van der Waals surface area contributed by atoms with Crippen LogP contribution in [-0.2, 0) is 18.8 Å². The second-order valence-corrected chi connectivity index (χ2v) is 7.64. The maximum Gasteiger partial charge on any atom is 0.251 e. The van der Waals surface area contributed by atoms with Gasteiger partial charge in [-0.1, -0.05) is 59.3 Å². The van der Waals surface area contributed by atoms with Crippen molar-refractivity contribution in [2.24, 2.45) is 0 Å². The highest BCUT2D eigenvalue weighted by Crippen LogP contribution is 2.23. The fourth-order valence-electron chi connectivity index (χ4n) is 2.65. The molecular formula is C21H21ClN4OS. The first-order valence-electron chi connectivity index (χ1n) is 8.82. The van der Waals surface area contributed by atoms with E-state index in [0.29, 0.717) is 24.5 Å². The van der Waals surface area contributed by atoms with Gasteiger partial charge in [0.15, 0.2) is 11.0 Å². The van der Waals surface area contributed by atoms with Crippen LogP contribution in [0, 0.1) is 6.92 Å². The molecule has 0 atom stereocenters. The third kappa shape index (κ3) is 5.24. The van der Waals surface area contributed by atoms with E-state index < -0.39 is 0 Å². The number of allylic oxidation sites excluding steroid dienone is 1. The van der Waals surface area contributed by atoms with E-state index in [1.807, 2.05) is 54.0 Å². The van der Waals surface area contributed by atoms with Gasteiger partial charge < -0.3 is 9.88 Å². The quantitative estimate of drug-likeness (QED) is 0.432. The number of amides is 1. The number of benzene rings is 2. The maximum atomic E-state index is 12.4. The van der Waals surface area contributed by atoms with Crippen molar-refractivity contribution in [2.75, 3.05) is 0 Å². The van der Waals surface area contributed by atoms with Gasteiger partial charge >= 0.3 is 0 Å². The summed E-state index contributed by atoms with van der Waals surface area (Å²) in [5.41, 5.74) is 2.83. The molecule has 0 aliphatic heterocycles. The molecule has 0 aliphatic carbocycles. The van der Waals surface area contributed by atoms with Gasteiger partial charge in [0.25, 0.3) is 5.91 Å². The Labute approximate surface area is 173 Å². The Morgan fingerprint density at radius 3 is 2.75 bits per heavy atom. The maximum absolute atomic E-state index is 12.4. The van der Waals surface area contributed by atoms with Crippen molar-refractivity contribution in [3.05, 3.63) is 88.7 Å². The normalized spacial score (nSPS) is 10.6. The number of nitrogens with one attached hydrogen (secondary N) is 1. The van der Waals surface area contributed by atoms with E-state index in [2.05, 4.69) is 22.1 Å². The van der Waals surface area contributed by atoms with Crippen LogP contribution in [0.4, 0.5) is 0 Å². The van der Waals surface area contributed by atoms with E-state index in [1.54, 1.807) is 23.9 Å². The van der Waals surface area contributed by atoms with Gasteiger partial charge in [0, 0.05) is 22.9 Å². The van der Waals surface area contributed by atoms with Crippen molar-refractivity contribution in [2.45, 2.75) is 30.9 Å². The van der Waals surface area contributed by atoms with Crippen molar-refractivity contribution in [3.8, 4) is 0 Å². The molecule has 0 saturated heterocycles. The summed E-state index contributed by atoms with van der Waals surface area (Å²) >= 11 is 7.52. The number of hydrogen-bond acceptors (Lipinski definition) is 4. The molecule has 2 aromatic carbocycles. The number of carbonyl (C=O) groups excluding carboxylic acids is 1. The number of thioether (sulfide) groups is 1. The minimum Gasteiger partial charge on any atom is -0.345 e. The topological polar surface area (TPSA) is 59.8 Å². The van der Waals surface area contributed by atoms with Crippen LogP contribution >= 0.6 is 23.4 Å². The highest BCUT2D eigenvalue weighted by molar-refractivity contribution is 7.98. The van der Waals surface area contributed by atoms with Crippen molar-refractivity contribution < 1.29 is 4.79 Å². The number of rotatable bonds is 8. The molecule has 0 bridgehead atoms. The van der Waals surface area contributed by atoms with E-state index in [4.69, 9.17) is 11.6 Å². The van der Waals surface area contributed by atoms with Crippen LogP contribution in [0.2, 0.25) is 5.02 Å². The fourth-order valence-corrected chi connectivity index (χ4v) is 3.69. The summed E-state index contributed by atoms with van der Waals surface area (Å²) in [6.45, 7) is 6.65. The predicted molar refractivity (Wildman–Crippen MR) is 114 cm³/mol. The van der Waals surface area contributed by atoms with E-state index in [9.17, 15) is 4.79 Å². The largest absolute Gasteiger partial charge is 0.345 e. The Hall–Kier alpha value is -2.57. The summed E-state index contributed by atoms with van der Waals surface area (Å²) in [4.78, 5) is 12.4. The van der Waals surface area contributed by atoms with Crippen molar-refractivity contribution in [1.82, 2.24) is 20.1 Å². The van der Waals surface area contributed by atoms with Gasteiger partial charge in [0.2, 0.25) is 0 Å². The van der Waals surface area contributed by atoms with Gasteiger partial charge in [0.05, 0.1) is 6.54 Å². The molecule has 1 N–H and O–H groups in total. The van der Waals surface area contributed by atoms with Crippen LogP contribution in [0.3, 0.4) is 0 Å². The summed E-state index contributed by atoms with van der Waals surface area (Å²) in [5.74, 6) is 1.31. The number of aryl methyl sites for hydroxylation is 1. The minimum atomic E-state index is -0.132. The van der Waals surface area contributed by atoms with Crippen molar-refractivity contribution >= 4 is 29.3 Å². The smallest absolute Gasteiger partial charge is 0.251 e. The number of nitrogens with zero attached hydrogens (tertiary/aromatic N) is 3. The molecule has 0 radical (unpaired) electrons. The summed E-state index contributed by atoms with van der Waals surface area (Å²) < 4.78 is 1.96. The third-order valence-electron chi connectivity index (χ3n) is 4.07. The molecule has 0 aliphatic rings. The molecular weight excluding hydrogens is 392 g/mol. The standard InChI is InChI=1S/C21H21ClN4OS/c1-3-11-26-19(13-23-20(27)17-6-4-5-15(2)12-17)24-25-21(26)28-14-16-7-9-18(22)10-8-16/h3-10,12H,1,11,13-14H2,2H3,(H,23,27). The Morgan fingerprint density at radius 1 is 1.25 bits per heavy atom. The average molecular weight is 413 g/mol. The van der Waals surface area contributed by atoms with Crippen LogP contribution in [0.15, 0.2) is 66.3 Å². The zero-order valence-electron chi connectivity index (χ0n) is 15.6. The fraction of sp³-hybridized carbons (Fsp3) is 0.190. The lowest BCUT2D eigenvalue weighted by molar-refractivity contribution is 0.0949. The predicted octanol–water partition coefficient (Wildman–Crippen LogP) is 4.65. The third-order valence-corrected chi connectivity index (χ3v) is 5.36. The van der Waals surface area contributed by atoms with E-state index >= 15 is 0 Å². The number of carbonyl (C=O) groups is 1. The molecule has 7 heteroatoms. The van der Waals surface area contributed by atoms with Gasteiger partial charge in [0.1, 0.15) is 0 Å². The summed E-state index contributed by atoms with van der Waals surface area (Å²) in [6.07, 6.45) is 1.79. The molecule has 0 saturated carbocycles. The van der Waals surface area contributed by atoms with Gasteiger partial charge in [-0.2, -0.15) is 0 Å². The summed E-state index contributed by atoms with van der Waals surface area (Å²) in [6, 6.07) is 15.2. The highest BCUT2D eigenvalue weighted by Gasteiger charge is 2.13. The van der Waals surface area contributed by atoms with Crippen molar-refractivity contribution in [3.63, 3.8) is 0 Å². The van der Waals surface area contributed by atoms with Crippen LogP contribution in [0.1, 0.15) is 27.3 Å². The Kier molecular flexibility index (Phi) is 6.90. The average Bonchev–Trinajstić information content (AvgIpc) is 3.07. The molecule has 1 heterocycles. The second kappa shape index (κ2) is 9.57. The molecule has 28 heavy (non-hydrogen) atoms. The summed E-state index contributed by atoms with van der Waals surface area (Å²) in [7, 11) is 0. The van der Waals surface area contributed by atoms with Crippen LogP contribution < -0.4 is 5.32 Å². The zero-order valence-corrected chi connectivity index (χ0v) is 17.1. The Balaban J connectivity index is 1.66. The molecule has 144 valence electrons. The number of aromatic nitrogens is 3. The van der Waals surface area contributed by atoms with Crippen molar-refractivity contribution in [1.29, 1.82) is 0 Å². The molecule has 1 amide bonds. The molecule has 3 aromatic rings. The van der Waals surface area contributed by atoms with Crippen LogP contribution in [0.25, 0.3) is 0 Å². The summed E-state index contributed by atoms with van der Waals surface area (Å²) in [5, 5.41) is 13.0. The van der Waals surface area contributed by atoms with E-state index in [1.165, 1.54) is 0 Å². The van der Waals surface area contributed by atoms with Gasteiger partial charge in [-0.05, 0) is 36.8 Å². The van der Waals surface area contributed by atoms with Crippen LogP contribution in [0.5, 0.6) is 0 Å². The monoisotopic (exact) mass is 412 g/mol. The van der Waals surface area contributed by atoms with Gasteiger partial charge in [-0.25, -0.2) is 0 Å². The lowest BCUT2D eigenvalue weighted by Gasteiger charge is -2.09. The Morgan fingerprint density at radius 2 is 2.04 bits per heavy atom. The van der Waals surface area contributed by atoms with Gasteiger partial charge in [-0.3, -0.25) is 4.79 Å². The molecule has 0 fully saturated rings. The lowest BCUT2D eigenvalue weighted by atomic mass is 10.1. The lowest BCUT2D eigenvalue weighted by Crippen LogP contribution is -2.24. The molecule has 1 aromatic heterocycles.